The summed E-state index contributed by atoms with van der Waals surface area (Å²) in [6, 6.07) is 0. The van der Waals surface area contributed by atoms with E-state index in [0.717, 1.165) is 25.3 Å². The average molecular weight is 170 g/mol. The third-order valence-electron chi connectivity index (χ3n) is 1.90. The largest absolute Gasteiger partial charge is 0.360 e. The van der Waals surface area contributed by atoms with Crippen molar-refractivity contribution in [3.8, 4) is 0 Å². The van der Waals surface area contributed by atoms with Gasteiger partial charge >= 0.3 is 0 Å². The number of amidine groups is 1. The quantitative estimate of drug-likeness (QED) is 0.512. The molecule has 72 valence electrons. The first-order chi connectivity index (χ1) is 5.43. The molecule has 0 aliphatic rings. The Bertz CT molecular complexity index is 144. The molecule has 2 heteroatoms. The van der Waals surface area contributed by atoms with Crippen molar-refractivity contribution in [1.29, 1.82) is 5.41 Å². The van der Waals surface area contributed by atoms with E-state index in [9.17, 15) is 0 Å². The minimum absolute atomic E-state index is 0.00875. The SMILES string of the molecule is CCCN(CC)C(=N)C(C)(C)C. The lowest BCUT2D eigenvalue weighted by molar-refractivity contribution is 0.380. The molecule has 1 N–H and O–H groups in total. The van der Waals surface area contributed by atoms with E-state index in [1.165, 1.54) is 0 Å². The van der Waals surface area contributed by atoms with Crippen molar-refractivity contribution in [2.45, 2.75) is 41.0 Å². The molecule has 0 aliphatic carbocycles. The fourth-order valence-corrected chi connectivity index (χ4v) is 1.17. The third-order valence-corrected chi connectivity index (χ3v) is 1.90. The van der Waals surface area contributed by atoms with Crippen molar-refractivity contribution in [3.63, 3.8) is 0 Å². The fourth-order valence-electron chi connectivity index (χ4n) is 1.17. The maximum absolute atomic E-state index is 7.93. The molecule has 12 heavy (non-hydrogen) atoms. The molecule has 0 atom stereocenters. The number of rotatable bonds is 3. The molecule has 0 aliphatic heterocycles. The number of nitrogens with one attached hydrogen (secondary N) is 1. The molecule has 0 aromatic rings. The lowest BCUT2D eigenvalue weighted by atomic mass is 9.94. The van der Waals surface area contributed by atoms with E-state index in [-0.39, 0.29) is 5.41 Å². The average Bonchev–Trinajstić information content (AvgIpc) is 1.97. The summed E-state index contributed by atoms with van der Waals surface area (Å²) in [5, 5.41) is 7.93. The summed E-state index contributed by atoms with van der Waals surface area (Å²) in [7, 11) is 0. The van der Waals surface area contributed by atoms with Gasteiger partial charge in [-0.25, -0.2) is 0 Å². The Hall–Kier alpha value is -0.530. The van der Waals surface area contributed by atoms with E-state index in [1.54, 1.807) is 0 Å². The minimum atomic E-state index is -0.00875. The maximum atomic E-state index is 7.93. The van der Waals surface area contributed by atoms with Crippen LogP contribution in [0.5, 0.6) is 0 Å². The van der Waals surface area contributed by atoms with Crippen LogP contribution in [-0.4, -0.2) is 23.8 Å². The van der Waals surface area contributed by atoms with Gasteiger partial charge in [-0.05, 0) is 13.3 Å². The summed E-state index contributed by atoms with van der Waals surface area (Å²) < 4.78 is 0. The first kappa shape index (κ1) is 11.5. The molecule has 0 saturated heterocycles. The predicted molar refractivity (Wildman–Crippen MR) is 54.7 cm³/mol. The molecule has 0 bridgehead atoms. The van der Waals surface area contributed by atoms with Gasteiger partial charge in [0.25, 0.3) is 0 Å². The highest BCUT2D eigenvalue weighted by Gasteiger charge is 2.21. The zero-order chi connectivity index (χ0) is 9.78. The zero-order valence-electron chi connectivity index (χ0n) is 9.07. The van der Waals surface area contributed by atoms with Crippen LogP contribution in [0.4, 0.5) is 0 Å². The highest BCUT2D eigenvalue weighted by atomic mass is 15.2. The second kappa shape index (κ2) is 4.48. The van der Waals surface area contributed by atoms with Crippen LogP contribution in [0.1, 0.15) is 41.0 Å². The molecular formula is C10H22N2. The monoisotopic (exact) mass is 170 g/mol. The molecule has 0 amide bonds. The smallest absolute Gasteiger partial charge is 0.101 e. The molecule has 0 radical (unpaired) electrons. The first-order valence-electron chi connectivity index (χ1n) is 4.77. The van der Waals surface area contributed by atoms with Crippen LogP contribution < -0.4 is 0 Å². The fraction of sp³-hybridized carbons (Fsp3) is 0.900. The van der Waals surface area contributed by atoms with Crippen molar-refractivity contribution >= 4 is 5.84 Å². The summed E-state index contributed by atoms with van der Waals surface area (Å²) >= 11 is 0. The van der Waals surface area contributed by atoms with E-state index in [4.69, 9.17) is 5.41 Å². The summed E-state index contributed by atoms with van der Waals surface area (Å²) in [5.74, 6) is 0.756. The Morgan fingerprint density at radius 3 is 2.00 bits per heavy atom. The lowest BCUT2D eigenvalue weighted by Gasteiger charge is -2.31. The maximum Gasteiger partial charge on any atom is 0.101 e. The Balaban J connectivity index is 4.22. The van der Waals surface area contributed by atoms with Gasteiger partial charge < -0.3 is 4.90 Å². The highest BCUT2D eigenvalue weighted by molar-refractivity contribution is 5.84. The van der Waals surface area contributed by atoms with Gasteiger partial charge in [-0.2, -0.15) is 0 Å². The molecule has 0 saturated carbocycles. The van der Waals surface area contributed by atoms with Gasteiger partial charge in [-0.15, -0.1) is 0 Å². The number of hydrogen-bond donors (Lipinski definition) is 1. The Kier molecular flexibility index (Phi) is 4.29. The summed E-state index contributed by atoms with van der Waals surface area (Å²) in [4.78, 5) is 2.14. The number of nitrogens with zero attached hydrogens (tertiary/aromatic N) is 1. The van der Waals surface area contributed by atoms with Crippen LogP contribution in [-0.2, 0) is 0 Å². The predicted octanol–water partition coefficient (Wildman–Crippen LogP) is 2.74. The van der Waals surface area contributed by atoms with Gasteiger partial charge in [0.15, 0.2) is 0 Å². The number of hydrogen-bond acceptors (Lipinski definition) is 1. The van der Waals surface area contributed by atoms with Gasteiger partial charge in [-0.1, -0.05) is 27.7 Å². The van der Waals surface area contributed by atoms with Crippen LogP contribution in [0, 0.1) is 10.8 Å². The molecule has 0 heterocycles. The van der Waals surface area contributed by atoms with Crippen LogP contribution in [0.25, 0.3) is 0 Å². The van der Waals surface area contributed by atoms with Crippen molar-refractivity contribution < 1.29 is 0 Å². The van der Waals surface area contributed by atoms with Crippen molar-refractivity contribution in [2.24, 2.45) is 5.41 Å². The molecule has 0 unspecified atom stereocenters. The molecule has 2 nitrogen and oxygen atoms in total. The summed E-state index contributed by atoms with van der Waals surface area (Å²) in [6.07, 6.45) is 1.12. The Morgan fingerprint density at radius 2 is 1.75 bits per heavy atom. The molecule has 0 fully saturated rings. The molecule has 0 aromatic carbocycles. The van der Waals surface area contributed by atoms with E-state index in [2.05, 4.69) is 39.5 Å². The highest BCUT2D eigenvalue weighted by Crippen LogP contribution is 2.17. The summed E-state index contributed by atoms with van der Waals surface area (Å²) in [6.45, 7) is 12.5. The van der Waals surface area contributed by atoms with E-state index < -0.39 is 0 Å². The lowest BCUT2D eigenvalue weighted by Crippen LogP contribution is -2.39. The minimum Gasteiger partial charge on any atom is -0.360 e. The van der Waals surface area contributed by atoms with Crippen LogP contribution in [0.15, 0.2) is 0 Å². The third kappa shape index (κ3) is 3.24. The van der Waals surface area contributed by atoms with Gasteiger partial charge in [-0.3, -0.25) is 5.41 Å². The second-order valence-electron chi connectivity index (χ2n) is 4.18. The van der Waals surface area contributed by atoms with Gasteiger partial charge in [0.05, 0.1) is 0 Å². The Labute approximate surface area is 76.5 Å². The zero-order valence-corrected chi connectivity index (χ0v) is 9.07. The van der Waals surface area contributed by atoms with E-state index in [0.29, 0.717) is 0 Å². The second-order valence-corrected chi connectivity index (χ2v) is 4.18. The van der Waals surface area contributed by atoms with E-state index >= 15 is 0 Å². The summed E-state index contributed by atoms with van der Waals surface area (Å²) in [5.41, 5.74) is -0.00875. The van der Waals surface area contributed by atoms with Crippen molar-refractivity contribution in [2.75, 3.05) is 13.1 Å². The normalized spacial score (nSPS) is 11.4. The molecular weight excluding hydrogens is 148 g/mol. The van der Waals surface area contributed by atoms with Crippen molar-refractivity contribution in [1.82, 2.24) is 4.90 Å². The molecule has 0 spiro atoms. The molecule has 0 aromatic heterocycles. The van der Waals surface area contributed by atoms with Crippen LogP contribution >= 0.6 is 0 Å². The van der Waals surface area contributed by atoms with Crippen molar-refractivity contribution in [3.05, 3.63) is 0 Å². The van der Waals surface area contributed by atoms with Gasteiger partial charge in [0, 0.05) is 18.5 Å². The topological polar surface area (TPSA) is 27.1 Å². The van der Waals surface area contributed by atoms with Crippen LogP contribution in [0.2, 0.25) is 0 Å². The standard InChI is InChI=1S/C10H22N2/c1-6-8-12(7-2)9(11)10(3,4)5/h11H,6-8H2,1-5H3. The first-order valence-corrected chi connectivity index (χ1v) is 4.77. The molecule has 0 rings (SSSR count). The van der Waals surface area contributed by atoms with Gasteiger partial charge in [0.1, 0.15) is 5.84 Å². The van der Waals surface area contributed by atoms with Gasteiger partial charge in [0.2, 0.25) is 0 Å². The Morgan fingerprint density at radius 1 is 1.25 bits per heavy atom. The van der Waals surface area contributed by atoms with Crippen LogP contribution in [0.3, 0.4) is 0 Å². The van der Waals surface area contributed by atoms with E-state index in [1.807, 2.05) is 0 Å².